The van der Waals surface area contributed by atoms with Crippen molar-refractivity contribution in [2.24, 2.45) is 0 Å². The lowest BCUT2D eigenvalue weighted by Crippen LogP contribution is -2.41. The number of allylic oxidation sites excluding steroid dienone is 1. The Hall–Kier alpha value is -3.07. The van der Waals surface area contributed by atoms with E-state index in [4.69, 9.17) is 9.47 Å². The van der Waals surface area contributed by atoms with Gasteiger partial charge in [-0.15, -0.1) is 0 Å². The molecule has 9 heteroatoms. The fraction of sp³-hybridized carbons (Fsp3) is 0.375. The Morgan fingerprint density at radius 2 is 1.79 bits per heavy atom. The first-order chi connectivity index (χ1) is 15.9. The van der Waals surface area contributed by atoms with Crippen molar-refractivity contribution in [3.05, 3.63) is 59.9 Å². The molecule has 176 valence electrons. The maximum atomic E-state index is 13.5. The number of sulfonamides is 1. The Morgan fingerprint density at radius 3 is 2.52 bits per heavy atom. The lowest BCUT2D eigenvalue weighted by Gasteiger charge is -2.25. The van der Waals surface area contributed by atoms with Crippen LogP contribution in [-0.2, 0) is 14.8 Å². The molecule has 2 aliphatic rings. The Balaban J connectivity index is 1.53. The number of rotatable bonds is 8. The third-order valence-electron chi connectivity index (χ3n) is 5.66. The molecule has 7 nitrogen and oxygen atoms in total. The van der Waals surface area contributed by atoms with Gasteiger partial charge in [0.15, 0.2) is 11.5 Å². The van der Waals surface area contributed by atoms with Gasteiger partial charge in [0.1, 0.15) is 25.6 Å². The Labute approximate surface area is 193 Å². The van der Waals surface area contributed by atoms with Crippen LogP contribution in [0.2, 0.25) is 0 Å². The summed E-state index contributed by atoms with van der Waals surface area (Å²) in [5, 5.41) is 2.81. The van der Waals surface area contributed by atoms with Gasteiger partial charge in [-0.1, -0.05) is 11.6 Å². The molecule has 0 spiro atoms. The maximum Gasteiger partial charge on any atom is 0.264 e. The molecular formula is C24H27FN2O5S. The van der Waals surface area contributed by atoms with E-state index >= 15 is 0 Å². The van der Waals surface area contributed by atoms with Crippen molar-refractivity contribution in [2.45, 2.75) is 37.0 Å². The minimum atomic E-state index is -4.14. The molecule has 1 aliphatic carbocycles. The molecule has 0 bridgehead atoms. The van der Waals surface area contributed by atoms with Crippen molar-refractivity contribution >= 4 is 21.6 Å². The molecule has 1 amide bonds. The van der Waals surface area contributed by atoms with Gasteiger partial charge in [-0.3, -0.25) is 9.10 Å². The molecule has 1 aliphatic heterocycles. The summed E-state index contributed by atoms with van der Waals surface area (Å²) in [5.74, 6) is -0.146. The second-order valence-corrected chi connectivity index (χ2v) is 9.86. The van der Waals surface area contributed by atoms with Gasteiger partial charge in [-0.25, -0.2) is 12.8 Å². The predicted molar refractivity (Wildman–Crippen MR) is 123 cm³/mol. The van der Waals surface area contributed by atoms with Gasteiger partial charge in [-0.2, -0.15) is 0 Å². The summed E-state index contributed by atoms with van der Waals surface area (Å²) in [7, 11) is -4.14. The predicted octanol–water partition coefficient (Wildman–Crippen LogP) is 3.80. The van der Waals surface area contributed by atoms with E-state index in [2.05, 4.69) is 11.4 Å². The Kier molecular flexibility index (Phi) is 7.17. The van der Waals surface area contributed by atoms with E-state index < -0.39 is 28.3 Å². The van der Waals surface area contributed by atoms with Crippen molar-refractivity contribution in [3.8, 4) is 11.5 Å². The Morgan fingerprint density at radius 1 is 1.03 bits per heavy atom. The topological polar surface area (TPSA) is 84.9 Å². The number of nitrogens with zero attached hydrogens (tertiary/aromatic N) is 1. The average Bonchev–Trinajstić information content (AvgIpc) is 2.83. The summed E-state index contributed by atoms with van der Waals surface area (Å²) >= 11 is 0. The first-order valence-electron chi connectivity index (χ1n) is 11.1. The second kappa shape index (κ2) is 10.2. The quantitative estimate of drug-likeness (QED) is 0.589. The molecule has 2 aromatic rings. The van der Waals surface area contributed by atoms with Crippen molar-refractivity contribution < 1.29 is 27.1 Å². The van der Waals surface area contributed by atoms with Crippen molar-refractivity contribution in [1.82, 2.24) is 5.32 Å². The number of fused-ring (bicyclic) bond motifs is 1. The van der Waals surface area contributed by atoms with E-state index in [9.17, 15) is 17.6 Å². The van der Waals surface area contributed by atoms with Gasteiger partial charge in [0.2, 0.25) is 5.91 Å². The van der Waals surface area contributed by atoms with Crippen LogP contribution in [0.3, 0.4) is 0 Å². The van der Waals surface area contributed by atoms with E-state index in [0.717, 1.165) is 42.1 Å². The fourth-order valence-electron chi connectivity index (χ4n) is 3.91. The molecule has 0 radical (unpaired) electrons. The summed E-state index contributed by atoms with van der Waals surface area (Å²) in [6.07, 6.45) is 7.42. The van der Waals surface area contributed by atoms with E-state index in [0.29, 0.717) is 31.3 Å². The molecule has 0 fully saturated rings. The van der Waals surface area contributed by atoms with Crippen LogP contribution in [0.4, 0.5) is 10.1 Å². The minimum Gasteiger partial charge on any atom is -0.486 e. The largest absolute Gasteiger partial charge is 0.486 e. The fourth-order valence-corrected chi connectivity index (χ4v) is 5.35. The zero-order valence-electron chi connectivity index (χ0n) is 18.3. The van der Waals surface area contributed by atoms with Gasteiger partial charge in [-0.05, 0) is 68.5 Å². The summed E-state index contributed by atoms with van der Waals surface area (Å²) in [6, 6.07) is 9.32. The van der Waals surface area contributed by atoms with Crippen LogP contribution in [0.15, 0.2) is 59.0 Å². The highest BCUT2D eigenvalue weighted by Gasteiger charge is 2.29. The maximum absolute atomic E-state index is 13.5. The summed E-state index contributed by atoms with van der Waals surface area (Å²) in [4.78, 5) is 12.6. The molecule has 0 aromatic heterocycles. The normalized spacial score (nSPS) is 15.5. The number of carbonyl (C=O) groups is 1. The van der Waals surface area contributed by atoms with Crippen molar-refractivity contribution in [1.29, 1.82) is 0 Å². The number of hydrogen-bond acceptors (Lipinski definition) is 5. The lowest BCUT2D eigenvalue weighted by atomic mass is 9.97. The highest BCUT2D eigenvalue weighted by molar-refractivity contribution is 7.92. The van der Waals surface area contributed by atoms with Crippen LogP contribution >= 0.6 is 0 Å². The average molecular weight is 475 g/mol. The number of halogens is 1. The summed E-state index contributed by atoms with van der Waals surface area (Å²) < 4.78 is 52.4. The van der Waals surface area contributed by atoms with Gasteiger partial charge >= 0.3 is 0 Å². The van der Waals surface area contributed by atoms with E-state index in [1.807, 2.05) is 0 Å². The first-order valence-corrected chi connectivity index (χ1v) is 12.5. The second-order valence-electron chi connectivity index (χ2n) is 8.00. The van der Waals surface area contributed by atoms with Crippen LogP contribution in [0.25, 0.3) is 0 Å². The van der Waals surface area contributed by atoms with Crippen LogP contribution in [-0.4, -0.2) is 40.6 Å². The van der Waals surface area contributed by atoms with Gasteiger partial charge in [0.25, 0.3) is 10.0 Å². The van der Waals surface area contributed by atoms with Crippen LogP contribution in [0.1, 0.15) is 32.1 Å². The van der Waals surface area contributed by atoms with Gasteiger partial charge < -0.3 is 14.8 Å². The Bertz CT molecular complexity index is 1130. The molecule has 1 N–H and O–H groups in total. The van der Waals surface area contributed by atoms with Gasteiger partial charge in [0, 0.05) is 12.6 Å². The molecule has 2 aromatic carbocycles. The number of carbonyl (C=O) groups excluding carboxylic acids is 1. The summed E-state index contributed by atoms with van der Waals surface area (Å²) in [6.45, 7) is 0.711. The molecule has 0 saturated carbocycles. The molecule has 0 unspecified atom stereocenters. The molecule has 33 heavy (non-hydrogen) atoms. The highest BCUT2D eigenvalue weighted by atomic mass is 32.2. The zero-order chi connectivity index (χ0) is 23.3. The van der Waals surface area contributed by atoms with E-state index in [1.165, 1.54) is 42.3 Å². The molecule has 0 saturated heterocycles. The summed E-state index contributed by atoms with van der Waals surface area (Å²) in [5.41, 5.74) is 1.51. The van der Waals surface area contributed by atoms with Gasteiger partial charge in [0.05, 0.1) is 10.6 Å². The van der Waals surface area contributed by atoms with Crippen LogP contribution < -0.4 is 19.1 Å². The van der Waals surface area contributed by atoms with E-state index in [-0.39, 0.29) is 10.6 Å². The van der Waals surface area contributed by atoms with Crippen LogP contribution in [0.5, 0.6) is 11.5 Å². The molecule has 1 heterocycles. The monoisotopic (exact) mass is 474 g/mol. The molecule has 0 atom stereocenters. The minimum absolute atomic E-state index is 0.0452. The lowest BCUT2D eigenvalue weighted by molar-refractivity contribution is -0.119. The number of hydrogen-bond donors (Lipinski definition) is 1. The molecule has 4 rings (SSSR count). The van der Waals surface area contributed by atoms with E-state index in [1.54, 1.807) is 0 Å². The number of ether oxygens (including phenoxy) is 2. The SMILES string of the molecule is O=C(CN(c1ccc(F)cc1)S(=O)(=O)c1ccc2c(c1)OCCO2)NCCC1=CCCCC1. The number of amides is 1. The number of benzene rings is 2. The number of nitrogens with one attached hydrogen (secondary N) is 1. The smallest absolute Gasteiger partial charge is 0.264 e. The third-order valence-corrected chi connectivity index (χ3v) is 7.43. The number of anilines is 1. The van der Waals surface area contributed by atoms with Crippen LogP contribution in [0, 0.1) is 5.82 Å². The standard InChI is InChI=1S/C24H27FN2O5S/c25-19-6-8-20(9-7-19)27(17-24(28)26-13-12-18-4-2-1-3-5-18)33(29,30)21-10-11-22-23(16-21)32-15-14-31-22/h4,6-11,16H,1-3,5,12-15,17H2,(H,26,28). The first kappa shape index (κ1) is 23.1. The van der Waals surface area contributed by atoms with Crippen molar-refractivity contribution in [3.63, 3.8) is 0 Å². The third kappa shape index (κ3) is 5.65. The van der Waals surface area contributed by atoms with Crippen molar-refractivity contribution in [2.75, 3.05) is 30.6 Å². The highest BCUT2D eigenvalue weighted by Crippen LogP contribution is 2.34. The molecular weight excluding hydrogens is 447 g/mol. The zero-order valence-corrected chi connectivity index (χ0v) is 19.1.